The maximum Gasteiger partial charge on any atom is 0.320 e. The van der Waals surface area contributed by atoms with E-state index in [2.05, 4.69) is 15.1 Å². The number of hydrogen-bond acceptors (Lipinski definition) is 4. The van der Waals surface area contributed by atoms with Crippen LogP contribution in [0.4, 0.5) is 0 Å². The molecule has 0 aromatic heterocycles. The number of hydrogen-bond donors (Lipinski definition) is 2. The quantitative estimate of drug-likeness (QED) is 0.711. The van der Waals surface area contributed by atoms with E-state index in [0.29, 0.717) is 12.5 Å². The molecule has 0 radical (unpaired) electrons. The minimum Gasteiger partial charge on any atom is -0.480 e. The van der Waals surface area contributed by atoms with Crippen LogP contribution in [-0.4, -0.2) is 72.7 Å². The van der Waals surface area contributed by atoms with E-state index in [-0.39, 0.29) is 0 Å². The standard InChI is InChI=1S/C13H25N3O2/c1-14-12(13(17)18)5-9-15-8-4-11(10-15)16-6-2-3-7-16/h11-12,14H,2-10H2,1H3,(H,17,18). The number of likely N-dealkylation sites (N-methyl/N-ethyl adjacent to an activating group) is 1. The van der Waals surface area contributed by atoms with Crippen LogP contribution in [0.3, 0.4) is 0 Å². The van der Waals surface area contributed by atoms with Crippen LogP contribution < -0.4 is 5.32 Å². The average Bonchev–Trinajstić information content (AvgIpc) is 2.99. The van der Waals surface area contributed by atoms with E-state index in [9.17, 15) is 4.79 Å². The molecule has 2 aliphatic heterocycles. The van der Waals surface area contributed by atoms with Crippen molar-refractivity contribution in [3.05, 3.63) is 0 Å². The van der Waals surface area contributed by atoms with Crippen molar-refractivity contribution in [1.29, 1.82) is 0 Å². The molecule has 0 aliphatic carbocycles. The van der Waals surface area contributed by atoms with Crippen molar-refractivity contribution in [2.45, 2.75) is 37.8 Å². The van der Waals surface area contributed by atoms with Crippen LogP contribution in [0.25, 0.3) is 0 Å². The third-order valence-corrected chi connectivity index (χ3v) is 4.29. The Labute approximate surface area is 109 Å². The molecular formula is C13H25N3O2. The van der Waals surface area contributed by atoms with Crippen molar-refractivity contribution in [3.63, 3.8) is 0 Å². The Kier molecular flexibility index (Phi) is 4.97. The number of carbonyl (C=O) groups is 1. The lowest BCUT2D eigenvalue weighted by Gasteiger charge is -2.24. The topological polar surface area (TPSA) is 55.8 Å². The molecule has 2 fully saturated rings. The first-order valence-corrected chi connectivity index (χ1v) is 7.07. The second kappa shape index (κ2) is 6.50. The zero-order valence-corrected chi connectivity index (χ0v) is 11.3. The molecule has 2 rings (SSSR count). The van der Waals surface area contributed by atoms with Gasteiger partial charge in [0.05, 0.1) is 0 Å². The van der Waals surface area contributed by atoms with Crippen LogP contribution in [0.2, 0.25) is 0 Å². The van der Waals surface area contributed by atoms with E-state index in [1.54, 1.807) is 7.05 Å². The molecule has 5 heteroatoms. The molecule has 2 aliphatic rings. The van der Waals surface area contributed by atoms with Crippen molar-refractivity contribution in [2.75, 3.05) is 39.8 Å². The second-order valence-electron chi connectivity index (χ2n) is 5.45. The van der Waals surface area contributed by atoms with E-state index in [0.717, 1.165) is 19.6 Å². The summed E-state index contributed by atoms with van der Waals surface area (Å²) in [4.78, 5) is 15.9. The average molecular weight is 255 g/mol. The first-order valence-electron chi connectivity index (χ1n) is 7.07. The molecule has 0 amide bonds. The Balaban J connectivity index is 1.70. The first kappa shape index (κ1) is 13.8. The molecule has 0 aromatic carbocycles. The third-order valence-electron chi connectivity index (χ3n) is 4.29. The highest BCUT2D eigenvalue weighted by Crippen LogP contribution is 2.20. The minimum atomic E-state index is -0.743. The van der Waals surface area contributed by atoms with E-state index < -0.39 is 12.0 Å². The summed E-state index contributed by atoms with van der Waals surface area (Å²) in [7, 11) is 1.72. The van der Waals surface area contributed by atoms with E-state index in [1.165, 1.54) is 32.4 Å². The summed E-state index contributed by atoms with van der Waals surface area (Å²) in [5, 5.41) is 11.8. The number of aliphatic carboxylic acids is 1. The molecule has 0 aromatic rings. The van der Waals surface area contributed by atoms with E-state index in [4.69, 9.17) is 5.11 Å². The molecule has 2 heterocycles. The molecule has 0 saturated carbocycles. The number of likely N-dealkylation sites (tertiary alicyclic amines) is 2. The largest absolute Gasteiger partial charge is 0.480 e. The van der Waals surface area contributed by atoms with Crippen molar-refractivity contribution < 1.29 is 9.90 Å². The maximum atomic E-state index is 10.9. The predicted octanol–water partition coefficient (Wildman–Crippen LogP) is 0.219. The van der Waals surface area contributed by atoms with Gasteiger partial charge in [-0.2, -0.15) is 0 Å². The monoisotopic (exact) mass is 255 g/mol. The maximum absolute atomic E-state index is 10.9. The van der Waals surface area contributed by atoms with Gasteiger partial charge in [-0.3, -0.25) is 9.69 Å². The molecule has 2 saturated heterocycles. The summed E-state index contributed by atoms with van der Waals surface area (Å²) in [6.07, 6.45) is 4.63. The number of carboxylic acid groups (broad SMARTS) is 1. The van der Waals surface area contributed by atoms with Gasteiger partial charge in [-0.15, -0.1) is 0 Å². The van der Waals surface area contributed by atoms with Crippen LogP contribution in [-0.2, 0) is 4.79 Å². The van der Waals surface area contributed by atoms with Crippen molar-refractivity contribution in [2.24, 2.45) is 0 Å². The van der Waals surface area contributed by atoms with Gasteiger partial charge >= 0.3 is 5.97 Å². The molecule has 18 heavy (non-hydrogen) atoms. The fraction of sp³-hybridized carbons (Fsp3) is 0.923. The van der Waals surface area contributed by atoms with E-state index >= 15 is 0 Å². The lowest BCUT2D eigenvalue weighted by atomic mass is 10.2. The Morgan fingerprint density at radius 1 is 1.39 bits per heavy atom. The zero-order valence-electron chi connectivity index (χ0n) is 11.3. The fourth-order valence-electron chi connectivity index (χ4n) is 3.12. The summed E-state index contributed by atoms with van der Waals surface area (Å²) >= 11 is 0. The van der Waals surface area contributed by atoms with Gasteiger partial charge < -0.3 is 15.3 Å². The summed E-state index contributed by atoms with van der Waals surface area (Å²) < 4.78 is 0. The summed E-state index contributed by atoms with van der Waals surface area (Å²) in [6, 6.07) is 0.307. The van der Waals surface area contributed by atoms with Gasteiger partial charge in [0.2, 0.25) is 0 Å². The minimum absolute atomic E-state index is 0.407. The van der Waals surface area contributed by atoms with Gasteiger partial charge in [0, 0.05) is 19.1 Å². The lowest BCUT2D eigenvalue weighted by Crippen LogP contribution is -2.39. The number of rotatable bonds is 6. The van der Waals surface area contributed by atoms with Gasteiger partial charge in [-0.25, -0.2) is 0 Å². The predicted molar refractivity (Wildman–Crippen MR) is 70.8 cm³/mol. The van der Waals surface area contributed by atoms with Crippen molar-refractivity contribution >= 4 is 5.97 Å². The Morgan fingerprint density at radius 2 is 2.11 bits per heavy atom. The Morgan fingerprint density at radius 3 is 2.72 bits per heavy atom. The second-order valence-corrected chi connectivity index (χ2v) is 5.45. The highest BCUT2D eigenvalue weighted by atomic mass is 16.4. The van der Waals surface area contributed by atoms with Crippen molar-refractivity contribution in [1.82, 2.24) is 15.1 Å². The SMILES string of the molecule is CNC(CCN1CCC(N2CCCC2)C1)C(=O)O. The van der Waals surface area contributed by atoms with Gasteiger partial charge in [-0.1, -0.05) is 0 Å². The van der Waals surface area contributed by atoms with Crippen LogP contribution >= 0.6 is 0 Å². The first-order chi connectivity index (χ1) is 8.70. The molecule has 2 unspecified atom stereocenters. The van der Waals surface area contributed by atoms with E-state index in [1.807, 2.05) is 0 Å². The summed E-state index contributed by atoms with van der Waals surface area (Å²) in [5.41, 5.74) is 0. The highest BCUT2D eigenvalue weighted by molar-refractivity contribution is 5.73. The van der Waals surface area contributed by atoms with Gasteiger partial charge in [0.1, 0.15) is 6.04 Å². The normalized spacial score (nSPS) is 27.7. The molecule has 2 N–H and O–H groups in total. The summed E-state index contributed by atoms with van der Waals surface area (Å²) in [5.74, 6) is -0.743. The number of nitrogens with one attached hydrogen (secondary N) is 1. The summed E-state index contributed by atoms with van der Waals surface area (Å²) in [6.45, 7) is 5.65. The van der Waals surface area contributed by atoms with Gasteiger partial charge in [-0.05, 0) is 52.4 Å². The molecule has 104 valence electrons. The molecule has 5 nitrogen and oxygen atoms in total. The van der Waals surface area contributed by atoms with Crippen LogP contribution in [0, 0.1) is 0 Å². The number of carboxylic acids is 1. The third kappa shape index (κ3) is 3.43. The number of nitrogens with zero attached hydrogens (tertiary/aromatic N) is 2. The molecular weight excluding hydrogens is 230 g/mol. The fourth-order valence-corrected chi connectivity index (χ4v) is 3.12. The Hall–Kier alpha value is -0.650. The smallest absolute Gasteiger partial charge is 0.320 e. The lowest BCUT2D eigenvalue weighted by molar-refractivity contribution is -0.139. The highest BCUT2D eigenvalue weighted by Gasteiger charge is 2.29. The molecule has 2 atom stereocenters. The van der Waals surface area contributed by atoms with Crippen LogP contribution in [0.15, 0.2) is 0 Å². The van der Waals surface area contributed by atoms with Crippen molar-refractivity contribution in [3.8, 4) is 0 Å². The zero-order chi connectivity index (χ0) is 13.0. The van der Waals surface area contributed by atoms with Gasteiger partial charge in [0.25, 0.3) is 0 Å². The van der Waals surface area contributed by atoms with Crippen LogP contribution in [0.1, 0.15) is 25.7 Å². The Bertz CT molecular complexity index is 279. The van der Waals surface area contributed by atoms with Gasteiger partial charge in [0.15, 0.2) is 0 Å². The molecule has 0 bridgehead atoms. The molecule has 0 spiro atoms. The van der Waals surface area contributed by atoms with Crippen LogP contribution in [0.5, 0.6) is 0 Å².